The van der Waals surface area contributed by atoms with E-state index in [4.69, 9.17) is 0 Å². The Morgan fingerprint density at radius 2 is 2.05 bits per heavy atom. The molecule has 1 aliphatic heterocycles. The lowest BCUT2D eigenvalue weighted by molar-refractivity contribution is 0.393. The van der Waals surface area contributed by atoms with Gasteiger partial charge in [-0.1, -0.05) is 20.3 Å². The highest BCUT2D eigenvalue weighted by Gasteiger charge is 2.21. The molecule has 1 saturated heterocycles. The summed E-state index contributed by atoms with van der Waals surface area (Å²) in [5.41, 5.74) is 0. The van der Waals surface area contributed by atoms with Gasteiger partial charge in [-0.25, -0.2) is 9.97 Å². The van der Waals surface area contributed by atoms with Crippen molar-refractivity contribution in [2.24, 2.45) is 5.92 Å². The highest BCUT2D eigenvalue weighted by atomic mass is 79.9. The lowest BCUT2D eigenvalue weighted by Gasteiger charge is -2.33. The molecular formula is C14H23BrN4. The summed E-state index contributed by atoms with van der Waals surface area (Å²) in [5, 5.41) is 3.34. The van der Waals surface area contributed by atoms with Crippen LogP contribution in [0.15, 0.2) is 10.8 Å². The SMILES string of the molecule is CCCNc1ncnc(N2CCC(CC)CC2)c1Br. The first-order valence-corrected chi connectivity index (χ1v) is 8.04. The highest BCUT2D eigenvalue weighted by molar-refractivity contribution is 9.10. The maximum atomic E-state index is 4.45. The van der Waals surface area contributed by atoms with E-state index in [0.717, 1.165) is 48.1 Å². The van der Waals surface area contributed by atoms with Crippen molar-refractivity contribution in [3.63, 3.8) is 0 Å². The Kier molecular flexibility index (Phi) is 5.43. The first-order valence-electron chi connectivity index (χ1n) is 7.25. The molecule has 0 spiro atoms. The Morgan fingerprint density at radius 3 is 2.68 bits per heavy atom. The van der Waals surface area contributed by atoms with Crippen LogP contribution in [-0.4, -0.2) is 29.6 Å². The van der Waals surface area contributed by atoms with Crippen LogP contribution in [0.2, 0.25) is 0 Å². The Hall–Kier alpha value is -0.840. The lowest BCUT2D eigenvalue weighted by Crippen LogP contribution is -2.34. The molecule has 2 heterocycles. The van der Waals surface area contributed by atoms with E-state index >= 15 is 0 Å². The van der Waals surface area contributed by atoms with Gasteiger partial charge in [0.1, 0.15) is 22.4 Å². The fraction of sp³-hybridized carbons (Fsp3) is 0.714. The quantitative estimate of drug-likeness (QED) is 0.895. The van der Waals surface area contributed by atoms with Gasteiger partial charge in [0.25, 0.3) is 0 Å². The van der Waals surface area contributed by atoms with Crippen LogP contribution in [0.4, 0.5) is 11.6 Å². The molecule has 1 aromatic rings. The summed E-state index contributed by atoms with van der Waals surface area (Å²) >= 11 is 3.65. The summed E-state index contributed by atoms with van der Waals surface area (Å²) in [6.45, 7) is 7.57. The molecule has 106 valence electrons. The Labute approximate surface area is 124 Å². The molecule has 1 fully saturated rings. The number of piperidine rings is 1. The summed E-state index contributed by atoms with van der Waals surface area (Å²) in [6.07, 6.45) is 6.58. The third-order valence-corrected chi connectivity index (χ3v) is 4.54. The lowest BCUT2D eigenvalue weighted by atomic mass is 9.94. The van der Waals surface area contributed by atoms with Crippen molar-refractivity contribution < 1.29 is 0 Å². The van der Waals surface area contributed by atoms with Gasteiger partial charge >= 0.3 is 0 Å². The van der Waals surface area contributed by atoms with Crippen molar-refractivity contribution in [3.05, 3.63) is 10.8 Å². The van der Waals surface area contributed by atoms with Crippen LogP contribution in [0.25, 0.3) is 0 Å². The number of hydrogen-bond acceptors (Lipinski definition) is 4. The van der Waals surface area contributed by atoms with Gasteiger partial charge in [-0.2, -0.15) is 0 Å². The smallest absolute Gasteiger partial charge is 0.148 e. The van der Waals surface area contributed by atoms with Crippen molar-refractivity contribution in [1.29, 1.82) is 0 Å². The Balaban J connectivity index is 2.08. The van der Waals surface area contributed by atoms with E-state index in [0.29, 0.717) is 0 Å². The molecule has 0 amide bonds. The number of nitrogens with one attached hydrogen (secondary N) is 1. The third-order valence-electron chi connectivity index (χ3n) is 3.80. The van der Waals surface area contributed by atoms with Gasteiger partial charge in [0.15, 0.2) is 0 Å². The average molecular weight is 327 g/mol. The highest BCUT2D eigenvalue weighted by Crippen LogP contribution is 2.32. The molecule has 0 aliphatic carbocycles. The van der Waals surface area contributed by atoms with Gasteiger partial charge in [-0.3, -0.25) is 0 Å². The fourth-order valence-corrected chi connectivity index (χ4v) is 3.10. The largest absolute Gasteiger partial charge is 0.369 e. The number of halogens is 1. The number of aromatic nitrogens is 2. The zero-order valence-electron chi connectivity index (χ0n) is 11.8. The van der Waals surface area contributed by atoms with E-state index in [2.05, 4.69) is 50.0 Å². The molecule has 0 unspecified atom stereocenters. The third kappa shape index (κ3) is 3.59. The molecular weight excluding hydrogens is 304 g/mol. The first kappa shape index (κ1) is 14.6. The summed E-state index contributed by atoms with van der Waals surface area (Å²) < 4.78 is 0.999. The maximum absolute atomic E-state index is 4.45. The first-order chi connectivity index (χ1) is 9.26. The predicted octanol–water partition coefficient (Wildman–Crippen LogP) is 3.69. The van der Waals surface area contributed by atoms with Crippen molar-refractivity contribution in [2.45, 2.75) is 39.5 Å². The predicted molar refractivity (Wildman–Crippen MR) is 83.7 cm³/mol. The number of nitrogens with zero attached hydrogens (tertiary/aromatic N) is 3. The molecule has 0 radical (unpaired) electrons. The Bertz CT molecular complexity index is 402. The molecule has 0 saturated carbocycles. The molecule has 19 heavy (non-hydrogen) atoms. The van der Waals surface area contributed by atoms with E-state index in [-0.39, 0.29) is 0 Å². The average Bonchev–Trinajstić information content (AvgIpc) is 2.46. The zero-order valence-corrected chi connectivity index (χ0v) is 13.4. The van der Waals surface area contributed by atoms with E-state index in [1.54, 1.807) is 6.33 Å². The number of hydrogen-bond donors (Lipinski definition) is 1. The fourth-order valence-electron chi connectivity index (χ4n) is 2.50. The van der Waals surface area contributed by atoms with Crippen LogP contribution in [0.5, 0.6) is 0 Å². The van der Waals surface area contributed by atoms with E-state index in [9.17, 15) is 0 Å². The zero-order chi connectivity index (χ0) is 13.7. The van der Waals surface area contributed by atoms with Crippen LogP contribution in [0.1, 0.15) is 39.5 Å². The normalized spacial score (nSPS) is 16.7. The Morgan fingerprint density at radius 1 is 1.32 bits per heavy atom. The second-order valence-electron chi connectivity index (χ2n) is 5.13. The van der Waals surface area contributed by atoms with Gasteiger partial charge in [-0.15, -0.1) is 0 Å². The molecule has 0 aromatic carbocycles. The number of rotatable bonds is 5. The van der Waals surface area contributed by atoms with Crippen molar-refractivity contribution in [2.75, 3.05) is 29.9 Å². The van der Waals surface area contributed by atoms with Crippen LogP contribution in [-0.2, 0) is 0 Å². The van der Waals surface area contributed by atoms with Gasteiger partial charge in [-0.05, 0) is 41.1 Å². The van der Waals surface area contributed by atoms with Crippen molar-refractivity contribution >= 4 is 27.6 Å². The molecule has 2 rings (SSSR count). The summed E-state index contributed by atoms with van der Waals surface area (Å²) in [4.78, 5) is 11.1. The molecule has 0 bridgehead atoms. The van der Waals surface area contributed by atoms with Crippen LogP contribution < -0.4 is 10.2 Å². The molecule has 1 N–H and O–H groups in total. The molecule has 5 heteroatoms. The molecule has 0 atom stereocenters. The molecule has 1 aromatic heterocycles. The van der Waals surface area contributed by atoms with Crippen molar-refractivity contribution in [1.82, 2.24) is 9.97 Å². The molecule has 1 aliphatic rings. The summed E-state index contributed by atoms with van der Waals surface area (Å²) in [7, 11) is 0. The van der Waals surface area contributed by atoms with Gasteiger partial charge in [0.05, 0.1) is 0 Å². The standard InChI is InChI=1S/C14H23BrN4/c1-3-7-16-13-12(15)14(18-10-17-13)19-8-5-11(4-2)6-9-19/h10-11H,3-9H2,1-2H3,(H,16,17,18). The van der Waals surface area contributed by atoms with Gasteiger partial charge < -0.3 is 10.2 Å². The number of anilines is 2. The monoisotopic (exact) mass is 326 g/mol. The summed E-state index contributed by atoms with van der Waals surface area (Å²) in [5.74, 6) is 2.82. The second-order valence-corrected chi connectivity index (χ2v) is 5.92. The van der Waals surface area contributed by atoms with Crippen LogP contribution >= 0.6 is 15.9 Å². The second kappa shape index (κ2) is 7.08. The van der Waals surface area contributed by atoms with E-state index in [1.807, 2.05) is 0 Å². The minimum absolute atomic E-state index is 0.884. The topological polar surface area (TPSA) is 41.1 Å². The summed E-state index contributed by atoms with van der Waals surface area (Å²) in [6, 6.07) is 0. The van der Waals surface area contributed by atoms with Gasteiger partial charge in [0, 0.05) is 19.6 Å². The maximum Gasteiger partial charge on any atom is 0.148 e. The van der Waals surface area contributed by atoms with E-state index in [1.165, 1.54) is 19.3 Å². The van der Waals surface area contributed by atoms with Crippen LogP contribution in [0.3, 0.4) is 0 Å². The van der Waals surface area contributed by atoms with Crippen molar-refractivity contribution in [3.8, 4) is 0 Å². The minimum atomic E-state index is 0.884. The van der Waals surface area contributed by atoms with Gasteiger partial charge in [0.2, 0.25) is 0 Å². The van der Waals surface area contributed by atoms with E-state index < -0.39 is 0 Å². The minimum Gasteiger partial charge on any atom is -0.369 e. The molecule has 4 nitrogen and oxygen atoms in total. The van der Waals surface area contributed by atoms with Crippen LogP contribution in [0, 0.1) is 5.92 Å².